The fourth-order valence-corrected chi connectivity index (χ4v) is 3.33. The van der Waals surface area contributed by atoms with E-state index in [-0.39, 0.29) is 0 Å². The van der Waals surface area contributed by atoms with Crippen molar-refractivity contribution in [3.05, 3.63) is 46.9 Å². The first-order valence-corrected chi connectivity index (χ1v) is 9.32. The monoisotopic (exact) mass is 359 g/mol. The van der Waals surface area contributed by atoms with E-state index in [0.717, 1.165) is 61.6 Å². The minimum absolute atomic E-state index is 0.710. The smallest absolute Gasteiger partial charge is 0.182 e. The van der Waals surface area contributed by atoms with E-state index in [1.165, 1.54) is 5.70 Å². The normalized spacial score (nSPS) is 16.5. The number of benzene rings is 1. The number of hydrogen-bond donors (Lipinski definition) is 0. The third-order valence-electron chi connectivity index (χ3n) is 4.72. The van der Waals surface area contributed by atoms with Crippen LogP contribution >= 0.6 is 11.6 Å². The first-order valence-electron chi connectivity index (χ1n) is 8.94. The van der Waals surface area contributed by atoms with Gasteiger partial charge in [-0.25, -0.2) is 4.98 Å². The number of nitrogens with zero attached hydrogens (tertiary/aromatic N) is 3. The topological polar surface area (TPSA) is 32.5 Å². The maximum Gasteiger partial charge on any atom is 0.182 e. The van der Waals surface area contributed by atoms with Crippen LogP contribution in [0.2, 0.25) is 5.02 Å². The maximum atomic E-state index is 6.22. The molecule has 0 N–H and O–H groups in total. The summed E-state index contributed by atoms with van der Waals surface area (Å²) in [5.74, 6) is 0.807. The van der Waals surface area contributed by atoms with Gasteiger partial charge in [0.25, 0.3) is 0 Å². The van der Waals surface area contributed by atoms with E-state index in [0.29, 0.717) is 5.02 Å². The average molecular weight is 360 g/mol. The van der Waals surface area contributed by atoms with Crippen molar-refractivity contribution in [3.63, 3.8) is 0 Å². The van der Waals surface area contributed by atoms with Gasteiger partial charge in [-0.05, 0) is 38.1 Å². The number of rotatable bonds is 5. The van der Waals surface area contributed by atoms with E-state index in [4.69, 9.17) is 16.0 Å². The Bertz CT molecular complexity index is 745. The van der Waals surface area contributed by atoms with Gasteiger partial charge < -0.3 is 14.2 Å². The number of hydrogen-bond acceptors (Lipinski definition) is 4. The van der Waals surface area contributed by atoms with E-state index in [1.54, 1.807) is 6.39 Å². The molecule has 0 atom stereocenters. The molecule has 134 valence electrons. The number of unbranched alkanes of at least 4 members (excludes halogenated alkanes) is 1. The van der Waals surface area contributed by atoms with Crippen LogP contribution in [-0.2, 0) is 0 Å². The minimum atomic E-state index is 0.710. The van der Waals surface area contributed by atoms with Crippen LogP contribution in [0.3, 0.4) is 0 Å². The van der Waals surface area contributed by atoms with Gasteiger partial charge in [0.2, 0.25) is 0 Å². The van der Waals surface area contributed by atoms with Crippen LogP contribution in [0, 0.1) is 6.92 Å². The van der Waals surface area contributed by atoms with Crippen LogP contribution in [-0.4, -0.2) is 48.0 Å². The molecule has 0 radical (unpaired) electrons. The molecule has 1 saturated heterocycles. The summed E-state index contributed by atoms with van der Waals surface area (Å²) in [5, 5.41) is 0.710. The van der Waals surface area contributed by atoms with Crippen LogP contribution in [0.15, 0.2) is 35.1 Å². The largest absolute Gasteiger partial charge is 0.443 e. The van der Waals surface area contributed by atoms with E-state index >= 15 is 0 Å². The first kappa shape index (κ1) is 18.0. The van der Waals surface area contributed by atoms with Crippen molar-refractivity contribution in [1.82, 2.24) is 14.8 Å². The van der Waals surface area contributed by atoms with Crippen LogP contribution in [0.1, 0.15) is 31.0 Å². The fourth-order valence-electron chi connectivity index (χ4n) is 3.16. The van der Waals surface area contributed by atoms with E-state index in [2.05, 4.69) is 41.8 Å². The van der Waals surface area contributed by atoms with Crippen molar-refractivity contribution >= 4 is 17.3 Å². The zero-order chi connectivity index (χ0) is 17.8. The lowest BCUT2D eigenvalue weighted by atomic mass is 10.0. The summed E-state index contributed by atoms with van der Waals surface area (Å²) in [7, 11) is 2.17. The zero-order valence-electron chi connectivity index (χ0n) is 15.3. The molecule has 1 aromatic carbocycles. The van der Waals surface area contributed by atoms with Gasteiger partial charge >= 0.3 is 0 Å². The lowest BCUT2D eigenvalue weighted by Crippen LogP contribution is -2.43. The standard InChI is InChI=1S/C20H26ClN3O/c1-4-5-6-18(24-11-9-23(3)10-12-24)19-20(25-14-22-19)17-13-16(21)8-7-15(17)2/h6-8,13-14H,4-5,9-12H2,1-3H3/b18-6-. The van der Waals surface area contributed by atoms with Crippen LogP contribution in [0.5, 0.6) is 0 Å². The SMILES string of the molecule is CCC/C=C(/c1ncoc1-c1cc(Cl)ccc1C)N1CCN(C)CC1. The average Bonchev–Trinajstić information content (AvgIpc) is 3.08. The molecule has 1 aliphatic heterocycles. The Morgan fingerprint density at radius 1 is 1.28 bits per heavy atom. The predicted octanol–water partition coefficient (Wildman–Crippen LogP) is 4.69. The lowest BCUT2D eigenvalue weighted by molar-refractivity contribution is 0.206. The molecule has 0 aliphatic carbocycles. The fraction of sp³-hybridized carbons (Fsp3) is 0.450. The molecule has 0 bridgehead atoms. The highest BCUT2D eigenvalue weighted by Gasteiger charge is 2.23. The molecular formula is C20H26ClN3O. The molecular weight excluding hydrogens is 334 g/mol. The second kappa shape index (κ2) is 8.07. The highest BCUT2D eigenvalue weighted by molar-refractivity contribution is 6.30. The van der Waals surface area contributed by atoms with Crippen LogP contribution in [0.25, 0.3) is 17.0 Å². The number of aromatic nitrogens is 1. The van der Waals surface area contributed by atoms with Crippen LogP contribution in [0.4, 0.5) is 0 Å². The summed E-state index contributed by atoms with van der Waals surface area (Å²) >= 11 is 6.22. The molecule has 0 amide bonds. The molecule has 4 nitrogen and oxygen atoms in total. The Balaban J connectivity index is 2.00. The van der Waals surface area contributed by atoms with Crippen molar-refractivity contribution in [2.45, 2.75) is 26.7 Å². The maximum absolute atomic E-state index is 6.22. The molecule has 0 unspecified atom stereocenters. The Morgan fingerprint density at radius 3 is 2.76 bits per heavy atom. The van der Waals surface area contributed by atoms with Gasteiger partial charge in [0, 0.05) is 36.8 Å². The zero-order valence-corrected chi connectivity index (χ0v) is 16.0. The number of aryl methyl sites for hydroxylation is 1. The van der Waals surface area contributed by atoms with E-state index in [9.17, 15) is 0 Å². The van der Waals surface area contributed by atoms with Crippen molar-refractivity contribution in [2.75, 3.05) is 33.2 Å². The van der Waals surface area contributed by atoms with Gasteiger partial charge in [0.05, 0.1) is 5.70 Å². The summed E-state index contributed by atoms with van der Waals surface area (Å²) in [6.45, 7) is 8.41. The van der Waals surface area contributed by atoms with Crippen molar-refractivity contribution < 1.29 is 4.42 Å². The summed E-state index contributed by atoms with van der Waals surface area (Å²) in [4.78, 5) is 9.36. The lowest BCUT2D eigenvalue weighted by Gasteiger charge is -2.35. The molecule has 1 aromatic heterocycles. The van der Waals surface area contributed by atoms with Gasteiger partial charge in [0.15, 0.2) is 12.2 Å². The van der Waals surface area contributed by atoms with Gasteiger partial charge in [-0.1, -0.05) is 37.1 Å². The number of oxazole rings is 1. The molecule has 1 fully saturated rings. The third kappa shape index (κ3) is 4.07. The van der Waals surface area contributed by atoms with Crippen molar-refractivity contribution in [2.24, 2.45) is 0 Å². The Kier molecular flexibility index (Phi) is 5.82. The second-order valence-electron chi connectivity index (χ2n) is 6.66. The molecule has 2 aromatic rings. The van der Waals surface area contributed by atoms with Gasteiger partial charge in [-0.15, -0.1) is 0 Å². The number of piperazine rings is 1. The third-order valence-corrected chi connectivity index (χ3v) is 4.96. The van der Waals surface area contributed by atoms with Crippen molar-refractivity contribution in [3.8, 4) is 11.3 Å². The molecule has 2 heterocycles. The van der Waals surface area contributed by atoms with Crippen LogP contribution < -0.4 is 0 Å². The number of allylic oxidation sites excluding steroid dienone is 1. The molecule has 1 aliphatic rings. The predicted molar refractivity (Wildman–Crippen MR) is 104 cm³/mol. The van der Waals surface area contributed by atoms with Crippen molar-refractivity contribution in [1.29, 1.82) is 0 Å². The Hall–Kier alpha value is -1.78. The summed E-state index contributed by atoms with van der Waals surface area (Å²) < 4.78 is 5.81. The summed E-state index contributed by atoms with van der Waals surface area (Å²) in [6, 6.07) is 5.89. The van der Waals surface area contributed by atoms with Gasteiger partial charge in [0.1, 0.15) is 5.69 Å². The Morgan fingerprint density at radius 2 is 2.04 bits per heavy atom. The molecule has 5 heteroatoms. The van der Waals surface area contributed by atoms with E-state index < -0.39 is 0 Å². The quantitative estimate of drug-likeness (QED) is 0.775. The van der Waals surface area contributed by atoms with E-state index in [1.807, 2.05) is 18.2 Å². The highest BCUT2D eigenvalue weighted by Crippen LogP contribution is 2.34. The number of likely N-dealkylation sites (N-methyl/N-ethyl adjacent to an activating group) is 1. The van der Waals surface area contributed by atoms with Gasteiger partial charge in [-0.3, -0.25) is 0 Å². The molecule has 0 saturated carbocycles. The summed E-state index contributed by atoms with van der Waals surface area (Å²) in [5.41, 5.74) is 4.24. The Labute approximate surface area is 155 Å². The number of halogens is 1. The molecule has 25 heavy (non-hydrogen) atoms. The minimum Gasteiger partial charge on any atom is -0.443 e. The molecule has 3 rings (SSSR count). The van der Waals surface area contributed by atoms with Gasteiger partial charge in [-0.2, -0.15) is 0 Å². The first-order chi connectivity index (χ1) is 12.1. The summed E-state index contributed by atoms with van der Waals surface area (Å²) in [6.07, 6.45) is 5.98. The second-order valence-corrected chi connectivity index (χ2v) is 7.09. The molecule has 0 spiro atoms. The highest BCUT2D eigenvalue weighted by atomic mass is 35.5.